The molecule has 3 rings (SSSR count). The van der Waals surface area contributed by atoms with E-state index in [1.54, 1.807) is 24.3 Å². The summed E-state index contributed by atoms with van der Waals surface area (Å²) in [5, 5.41) is 2.75. The second kappa shape index (κ2) is 8.09. The smallest absolute Gasteiger partial charge is 0.316 e. The van der Waals surface area contributed by atoms with Crippen molar-refractivity contribution in [2.75, 3.05) is 36.8 Å². The number of nitrogens with zero attached hydrogens (tertiary/aromatic N) is 2. The molecule has 1 fully saturated rings. The SMILES string of the molecule is Nc1ccccc1C(=O)NC(=O)C(=O)N1CCN(c2cccc(Cl)c2)CC1. The van der Waals surface area contributed by atoms with Gasteiger partial charge in [-0.2, -0.15) is 0 Å². The molecule has 27 heavy (non-hydrogen) atoms. The predicted octanol–water partition coefficient (Wildman–Crippen LogP) is 1.53. The molecule has 3 amide bonds. The van der Waals surface area contributed by atoms with Crippen LogP contribution in [0, 0.1) is 0 Å². The zero-order valence-electron chi connectivity index (χ0n) is 14.5. The lowest BCUT2D eigenvalue weighted by molar-refractivity contribution is -0.145. The molecule has 140 valence electrons. The molecule has 1 heterocycles. The number of amides is 3. The van der Waals surface area contributed by atoms with Crippen LogP contribution in [0.3, 0.4) is 0 Å². The molecule has 7 nitrogen and oxygen atoms in total. The number of halogens is 1. The molecule has 8 heteroatoms. The number of hydrogen-bond donors (Lipinski definition) is 2. The van der Waals surface area contributed by atoms with Crippen molar-refractivity contribution in [3.05, 3.63) is 59.1 Å². The van der Waals surface area contributed by atoms with Gasteiger partial charge in [0.2, 0.25) is 0 Å². The molecule has 0 aromatic heterocycles. The molecule has 3 N–H and O–H groups in total. The third kappa shape index (κ3) is 4.38. The Morgan fingerprint density at radius 3 is 2.33 bits per heavy atom. The Hall–Kier alpha value is -3.06. The molecule has 1 aliphatic heterocycles. The van der Waals surface area contributed by atoms with E-state index in [9.17, 15) is 14.4 Å². The Labute approximate surface area is 161 Å². The second-order valence-electron chi connectivity index (χ2n) is 6.13. The number of carbonyl (C=O) groups is 3. The fourth-order valence-corrected chi connectivity index (χ4v) is 3.10. The summed E-state index contributed by atoms with van der Waals surface area (Å²) in [6.45, 7) is 1.89. The van der Waals surface area contributed by atoms with E-state index >= 15 is 0 Å². The number of nitrogen functional groups attached to an aromatic ring is 1. The number of anilines is 2. The minimum absolute atomic E-state index is 0.157. The average molecular weight is 387 g/mol. The van der Waals surface area contributed by atoms with Crippen LogP contribution in [0.1, 0.15) is 10.4 Å². The summed E-state index contributed by atoms with van der Waals surface area (Å²) in [6, 6.07) is 13.8. The van der Waals surface area contributed by atoms with Gasteiger partial charge in [-0.25, -0.2) is 0 Å². The van der Waals surface area contributed by atoms with Crippen molar-refractivity contribution in [1.29, 1.82) is 0 Å². The summed E-state index contributed by atoms with van der Waals surface area (Å²) < 4.78 is 0. The Morgan fingerprint density at radius 2 is 1.67 bits per heavy atom. The summed E-state index contributed by atoms with van der Waals surface area (Å²) in [5.41, 5.74) is 7.08. The molecule has 2 aromatic rings. The number of hydrogen-bond acceptors (Lipinski definition) is 5. The van der Waals surface area contributed by atoms with Crippen molar-refractivity contribution in [1.82, 2.24) is 10.2 Å². The van der Waals surface area contributed by atoms with Crippen molar-refractivity contribution in [2.24, 2.45) is 0 Å². The zero-order chi connectivity index (χ0) is 19.4. The standard InChI is InChI=1S/C19H19ClN4O3/c20-13-4-3-5-14(12-13)23-8-10-24(11-9-23)19(27)18(26)22-17(25)15-6-1-2-7-16(15)21/h1-7,12H,8-11,21H2,(H,22,25,26). The van der Waals surface area contributed by atoms with Gasteiger partial charge in [0, 0.05) is 42.6 Å². The minimum atomic E-state index is -0.959. The Bertz CT molecular complexity index is 879. The van der Waals surface area contributed by atoms with Gasteiger partial charge in [-0.05, 0) is 30.3 Å². The van der Waals surface area contributed by atoms with Crippen LogP contribution < -0.4 is 16.0 Å². The van der Waals surface area contributed by atoms with Crippen LogP contribution in [0.4, 0.5) is 11.4 Å². The Morgan fingerprint density at radius 1 is 0.963 bits per heavy atom. The summed E-state index contributed by atoms with van der Waals surface area (Å²) >= 11 is 6.01. The van der Waals surface area contributed by atoms with E-state index < -0.39 is 17.7 Å². The van der Waals surface area contributed by atoms with E-state index in [0.29, 0.717) is 31.2 Å². The van der Waals surface area contributed by atoms with Crippen LogP contribution in [0.5, 0.6) is 0 Å². The molecule has 0 spiro atoms. The van der Waals surface area contributed by atoms with Gasteiger partial charge >= 0.3 is 11.8 Å². The highest BCUT2D eigenvalue weighted by Gasteiger charge is 2.27. The molecule has 1 saturated heterocycles. The maximum absolute atomic E-state index is 12.3. The number of para-hydroxylation sites is 1. The molecule has 0 unspecified atom stereocenters. The number of imide groups is 1. The summed E-state index contributed by atoms with van der Waals surface area (Å²) in [4.78, 5) is 40.1. The van der Waals surface area contributed by atoms with Gasteiger partial charge in [0.15, 0.2) is 0 Å². The van der Waals surface area contributed by atoms with Crippen molar-refractivity contribution in [3.8, 4) is 0 Å². The molecular formula is C19H19ClN4O3. The van der Waals surface area contributed by atoms with E-state index in [0.717, 1.165) is 5.69 Å². The Balaban J connectivity index is 1.56. The normalized spacial score (nSPS) is 14.0. The average Bonchev–Trinajstić information content (AvgIpc) is 2.67. The third-order valence-corrected chi connectivity index (χ3v) is 4.60. The van der Waals surface area contributed by atoms with Crippen LogP contribution in [-0.2, 0) is 9.59 Å². The van der Waals surface area contributed by atoms with Crippen molar-refractivity contribution in [2.45, 2.75) is 0 Å². The highest BCUT2D eigenvalue weighted by Crippen LogP contribution is 2.20. The van der Waals surface area contributed by atoms with Crippen LogP contribution >= 0.6 is 11.6 Å². The maximum atomic E-state index is 12.3. The lowest BCUT2D eigenvalue weighted by atomic mass is 10.1. The molecule has 0 aliphatic carbocycles. The number of benzene rings is 2. The van der Waals surface area contributed by atoms with E-state index in [-0.39, 0.29) is 11.3 Å². The van der Waals surface area contributed by atoms with E-state index in [1.807, 2.05) is 18.2 Å². The van der Waals surface area contributed by atoms with E-state index in [1.165, 1.54) is 11.0 Å². The van der Waals surface area contributed by atoms with Gasteiger partial charge < -0.3 is 15.5 Å². The highest BCUT2D eigenvalue weighted by atomic mass is 35.5. The van der Waals surface area contributed by atoms with Gasteiger partial charge in [0.25, 0.3) is 5.91 Å². The van der Waals surface area contributed by atoms with Gasteiger partial charge in [0.1, 0.15) is 0 Å². The number of nitrogens with one attached hydrogen (secondary N) is 1. The molecule has 0 atom stereocenters. The van der Waals surface area contributed by atoms with Crippen molar-refractivity contribution >= 4 is 40.7 Å². The van der Waals surface area contributed by atoms with Crippen LogP contribution in [-0.4, -0.2) is 48.8 Å². The quantitative estimate of drug-likeness (QED) is 0.602. The first-order valence-corrected chi connectivity index (χ1v) is 8.83. The lowest BCUT2D eigenvalue weighted by Crippen LogP contribution is -2.53. The van der Waals surface area contributed by atoms with Gasteiger partial charge in [0.05, 0.1) is 5.56 Å². The third-order valence-electron chi connectivity index (χ3n) is 4.37. The monoisotopic (exact) mass is 386 g/mol. The number of carbonyl (C=O) groups excluding carboxylic acids is 3. The first-order chi connectivity index (χ1) is 13.0. The summed E-state index contributed by atoms with van der Waals surface area (Å²) in [7, 11) is 0. The molecule has 0 radical (unpaired) electrons. The molecular weight excluding hydrogens is 368 g/mol. The first-order valence-electron chi connectivity index (χ1n) is 8.45. The maximum Gasteiger partial charge on any atom is 0.316 e. The van der Waals surface area contributed by atoms with Gasteiger partial charge in [-0.1, -0.05) is 29.8 Å². The molecule has 0 bridgehead atoms. The fourth-order valence-electron chi connectivity index (χ4n) is 2.91. The van der Waals surface area contributed by atoms with Crippen LogP contribution in [0.25, 0.3) is 0 Å². The Kier molecular flexibility index (Phi) is 5.61. The highest BCUT2D eigenvalue weighted by molar-refractivity contribution is 6.38. The van der Waals surface area contributed by atoms with Crippen molar-refractivity contribution < 1.29 is 14.4 Å². The lowest BCUT2D eigenvalue weighted by Gasteiger charge is -2.35. The number of nitrogens with two attached hydrogens (primary N) is 1. The first kappa shape index (κ1) is 18.7. The fraction of sp³-hybridized carbons (Fsp3) is 0.211. The van der Waals surface area contributed by atoms with Crippen LogP contribution in [0.15, 0.2) is 48.5 Å². The van der Waals surface area contributed by atoms with E-state index in [4.69, 9.17) is 17.3 Å². The van der Waals surface area contributed by atoms with Crippen LogP contribution in [0.2, 0.25) is 5.02 Å². The zero-order valence-corrected chi connectivity index (χ0v) is 15.3. The minimum Gasteiger partial charge on any atom is -0.398 e. The molecule has 2 aromatic carbocycles. The van der Waals surface area contributed by atoms with E-state index in [2.05, 4.69) is 10.2 Å². The summed E-state index contributed by atoms with van der Waals surface area (Å²) in [5.74, 6) is -2.38. The molecule has 0 saturated carbocycles. The largest absolute Gasteiger partial charge is 0.398 e. The molecule has 1 aliphatic rings. The second-order valence-corrected chi connectivity index (χ2v) is 6.57. The number of piperazine rings is 1. The number of rotatable bonds is 2. The topological polar surface area (TPSA) is 95.7 Å². The van der Waals surface area contributed by atoms with Gasteiger partial charge in [-0.15, -0.1) is 0 Å². The van der Waals surface area contributed by atoms with Gasteiger partial charge in [-0.3, -0.25) is 19.7 Å². The van der Waals surface area contributed by atoms with Crippen molar-refractivity contribution in [3.63, 3.8) is 0 Å². The summed E-state index contributed by atoms with van der Waals surface area (Å²) in [6.07, 6.45) is 0. The predicted molar refractivity (Wildman–Crippen MR) is 104 cm³/mol.